The molecule has 2 heterocycles. The molecule has 1 N–H and O–H groups in total. The third kappa shape index (κ3) is 3.03. The molecule has 4 nitrogen and oxygen atoms in total. The first kappa shape index (κ1) is 15.9. The number of halogens is 1. The molecule has 24 heavy (non-hydrogen) atoms. The van der Waals surface area contributed by atoms with Crippen LogP contribution in [0.1, 0.15) is 35.4 Å². The number of amides is 2. The number of nitrogens with one attached hydrogen (secondary N) is 1. The molecule has 1 aromatic carbocycles. The third-order valence-corrected chi connectivity index (χ3v) is 6.47. The highest BCUT2D eigenvalue weighted by molar-refractivity contribution is 7.21. The summed E-state index contributed by atoms with van der Waals surface area (Å²) in [6.45, 7) is 1.23. The van der Waals surface area contributed by atoms with Crippen molar-refractivity contribution in [3.05, 3.63) is 34.2 Å². The molecule has 1 aromatic heterocycles. The number of carbonyl (C=O) groups excluding carboxylic acids is 2. The molecule has 126 valence electrons. The molecule has 1 aliphatic carbocycles. The third-order valence-electron chi connectivity index (χ3n) is 4.81. The fraction of sp³-hybridized carbons (Fsp3) is 0.444. The number of carbonyl (C=O) groups is 2. The van der Waals surface area contributed by atoms with Crippen molar-refractivity contribution in [2.24, 2.45) is 5.92 Å². The van der Waals surface area contributed by atoms with Gasteiger partial charge in [0.25, 0.3) is 5.91 Å². The highest BCUT2D eigenvalue weighted by Gasteiger charge is 2.32. The van der Waals surface area contributed by atoms with E-state index in [1.54, 1.807) is 0 Å². The Hall–Kier alpha value is -1.59. The van der Waals surface area contributed by atoms with Gasteiger partial charge in [-0.3, -0.25) is 9.59 Å². The van der Waals surface area contributed by atoms with Crippen molar-refractivity contribution in [1.29, 1.82) is 0 Å². The highest BCUT2D eigenvalue weighted by Crippen LogP contribution is 2.36. The van der Waals surface area contributed by atoms with Crippen LogP contribution in [-0.4, -0.2) is 35.8 Å². The van der Waals surface area contributed by atoms with Crippen LogP contribution >= 0.6 is 22.9 Å². The van der Waals surface area contributed by atoms with Gasteiger partial charge in [-0.2, -0.15) is 0 Å². The largest absolute Gasteiger partial charge is 0.353 e. The molecule has 2 aliphatic rings. The summed E-state index contributed by atoms with van der Waals surface area (Å²) < 4.78 is 1.03. The maximum atomic E-state index is 12.8. The lowest BCUT2D eigenvalue weighted by molar-refractivity contribution is -0.126. The lowest BCUT2D eigenvalue weighted by Crippen LogP contribution is -2.43. The highest BCUT2D eigenvalue weighted by atomic mass is 35.5. The van der Waals surface area contributed by atoms with E-state index in [4.69, 9.17) is 11.6 Å². The number of fused-ring (bicyclic) bond motifs is 1. The van der Waals surface area contributed by atoms with E-state index in [2.05, 4.69) is 5.32 Å². The Morgan fingerprint density at radius 1 is 1.12 bits per heavy atom. The van der Waals surface area contributed by atoms with Gasteiger partial charge < -0.3 is 10.2 Å². The lowest BCUT2D eigenvalue weighted by atomic mass is 9.95. The van der Waals surface area contributed by atoms with Crippen molar-refractivity contribution >= 4 is 44.8 Å². The second kappa shape index (κ2) is 6.37. The van der Waals surface area contributed by atoms with Crippen LogP contribution in [0, 0.1) is 5.92 Å². The van der Waals surface area contributed by atoms with Crippen molar-refractivity contribution in [2.45, 2.75) is 31.7 Å². The summed E-state index contributed by atoms with van der Waals surface area (Å²) in [5, 5.41) is 4.55. The molecule has 6 heteroatoms. The lowest BCUT2D eigenvalue weighted by Gasteiger charge is -2.31. The molecule has 2 aromatic rings. The number of rotatable bonds is 3. The van der Waals surface area contributed by atoms with Gasteiger partial charge in [0.2, 0.25) is 5.91 Å². The van der Waals surface area contributed by atoms with Crippen molar-refractivity contribution < 1.29 is 9.59 Å². The molecule has 1 aliphatic heterocycles. The summed E-state index contributed by atoms with van der Waals surface area (Å²) in [4.78, 5) is 27.4. The quantitative estimate of drug-likeness (QED) is 0.905. The molecular weight excluding hydrogens is 344 g/mol. The minimum absolute atomic E-state index is 0.0118. The minimum atomic E-state index is -0.0118. The van der Waals surface area contributed by atoms with Gasteiger partial charge >= 0.3 is 0 Å². The van der Waals surface area contributed by atoms with E-state index in [-0.39, 0.29) is 17.7 Å². The molecule has 2 fully saturated rings. The van der Waals surface area contributed by atoms with E-state index in [9.17, 15) is 9.59 Å². The standard InChI is InChI=1S/C18H19ClN2O2S/c19-15-13-3-1-2-4-14(13)24-16(15)18(23)21-9-7-11(8-10-21)17(22)20-12-5-6-12/h1-4,11-12H,5-10H2,(H,20,22). The van der Waals surface area contributed by atoms with Gasteiger partial charge in [0, 0.05) is 35.1 Å². The first-order valence-corrected chi connectivity index (χ1v) is 9.59. The molecule has 2 amide bonds. The van der Waals surface area contributed by atoms with Crippen LogP contribution in [0.2, 0.25) is 5.02 Å². The Kier molecular flexibility index (Phi) is 4.22. The number of piperidine rings is 1. The molecule has 1 saturated heterocycles. The fourth-order valence-electron chi connectivity index (χ4n) is 3.19. The molecule has 0 unspecified atom stereocenters. The normalized spacial score (nSPS) is 18.8. The second-order valence-corrected chi connectivity index (χ2v) is 8.02. The summed E-state index contributed by atoms with van der Waals surface area (Å²) in [5.41, 5.74) is 0. The molecule has 1 saturated carbocycles. The predicted molar refractivity (Wildman–Crippen MR) is 96.6 cm³/mol. The zero-order valence-electron chi connectivity index (χ0n) is 13.3. The van der Waals surface area contributed by atoms with E-state index < -0.39 is 0 Å². The average Bonchev–Trinajstić information content (AvgIpc) is 3.36. The number of hydrogen-bond acceptors (Lipinski definition) is 3. The van der Waals surface area contributed by atoms with E-state index in [1.165, 1.54) is 11.3 Å². The molecule has 0 atom stereocenters. The number of nitrogens with zero attached hydrogens (tertiary/aromatic N) is 1. The van der Waals surface area contributed by atoms with Gasteiger partial charge in [0.1, 0.15) is 4.88 Å². The van der Waals surface area contributed by atoms with Crippen LogP contribution in [0.4, 0.5) is 0 Å². The smallest absolute Gasteiger partial charge is 0.265 e. The van der Waals surface area contributed by atoms with Crippen LogP contribution in [0.25, 0.3) is 10.1 Å². The summed E-state index contributed by atoms with van der Waals surface area (Å²) in [6, 6.07) is 8.21. The topological polar surface area (TPSA) is 49.4 Å². The summed E-state index contributed by atoms with van der Waals surface area (Å²) >= 11 is 7.86. The van der Waals surface area contributed by atoms with Gasteiger partial charge in [0.05, 0.1) is 5.02 Å². The predicted octanol–water partition coefficient (Wildman–Crippen LogP) is 3.69. The number of thiophene rings is 1. The average molecular weight is 363 g/mol. The van der Waals surface area contributed by atoms with Crippen LogP contribution < -0.4 is 5.32 Å². The van der Waals surface area contributed by atoms with E-state index >= 15 is 0 Å². The Balaban J connectivity index is 1.43. The van der Waals surface area contributed by atoms with Crippen LogP contribution in [-0.2, 0) is 4.79 Å². The van der Waals surface area contributed by atoms with Crippen molar-refractivity contribution in [3.8, 4) is 0 Å². The van der Waals surface area contributed by atoms with Crippen molar-refractivity contribution in [2.75, 3.05) is 13.1 Å². The van der Waals surface area contributed by atoms with Gasteiger partial charge in [-0.15, -0.1) is 11.3 Å². The SMILES string of the molecule is O=C(NC1CC1)C1CCN(C(=O)c2sc3ccccc3c2Cl)CC1. The number of benzene rings is 1. The minimum Gasteiger partial charge on any atom is -0.353 e. The van der Waals surface area contributed by atoms with Gasteiger partial charge in [-0.05, 0) is 31.7 Å². The van der Waals surface area contributed by atoms with Crippen LogP contribution in [0.15, 0.2) is 24.3 Å². The van der Waals surface area contributed by atoms with Crippen LogP contribution in [0.5, 0.6) is 0 Å². The Morgan fingerprint density at radius 3 is 2.50 bits per heavy atom. The second-order valence-electron chi connectivity index (χ2n) is 6.59. The molecular formula is C18H19ClN2O2S. The molecule has 0 spiro atoms. The first-order chi connectivity index (χ1) is 11.6. The maximum absolute atomic E-state index is 12.8. The fourth-order valence-corrected chi connectivity index (χ4v) is 4.67. The summed E-state index contributed by atoms with van der Waals surface area (Å²) in [5.74, 6) is 0.180. The summed E-state index contributed by atoms with van der Waals surface area (Å²) in [7, 11) is 0. The van der Waals surface area contributed by atoms with Crippen molar-refractivity contribution in [1.82, 2.24) is 10.2 Å². The molecule has 0 bridgehead atoms. The Morgan fingerprint density at radius 2 is 1.83 bits per heavy atom. The number of likely N-dealkylation sites (tertiary alicyclic amines) is 1. The zero-order chi connectivity index (χ0) is 16.7. The van der Waals surface area contributed by atoms with E-state index in [0.717, 1.165) is 35.8 Å². The monoisotopic (exact) mass is 362 g/mol. The zero-order valence-corrected chi connectivity index (χ0v) is 14.8. The van der Waals surface area contributed by atoms with Crippen molar-refractivity contribution in [3.63, 3.8) is 0 Å². The first-order valence-electron chi connectivity index (χ1n) is 8.40. The van der Waals surface area contributed by atoms with Gasteiger partial charge in [0.15, 0.2) is 0 Å². The maximum Gasteiger partial charge on any atom is 0.265 e. The van der Waals surface area contributed by atoms with E-state index in [1.807, 2.05) is 29.2 Å². The molecule has 4 rings (SSSR count). The van der Waals surface area contributed by atoms with Gasteiger partial charge in [-0.25, -0.2) is 0 Å². The number of hydrogen-bond donors (Lipinski definition) is 1. The Bertz CT molecular complexity index is 791. The Labute approximate surface area is 149 Å². The molecule has 0 radical (unpaired) electrons. The van der Waals surface area contributed by atoms with Gasteiger partial charge in [-0.1, -0.05) is 29.8 Å². The van der Waals surface area contributed by atoms with Crippen LogP contribution in [0.3, 0.4) is 0 Å². The van der Waals surface area contributed by atoms with E-state index in [0.29, 0.717) is 29.0 Å². The summed E-state index contributed by atoms with van der Waals surface area (Å²) in [6.07, 6.45) is 3.67.